The lowest BCUT2D eigenvalue weighted by Gasteiger charge is -2.26. The first-order chi connectivity index (χ1) is 14.4. The molecular formula is C23H25N3O4. The largest absolute Gasteiger partial charge is 0.496 e. The maximum absolute atomic E-state index is 13.0. The molecule has 0 unspecified atom stereocenters. The highest BCUT2D eigenvalue weighted by Gasteiger charge is 2.36. The lowest BCUT2D eigenvalue weighted by Crippen LogP contribution is -2.54. The van der Waals surface area contributed by atoms with E-state index in [0.29, 0.717) is 17.0 Å². The number of nitrogens with one attached hydrogen (secondary N) is 1. The number of nitrogens with zero attached hydrogens (tertiary/aromatic N) is 2. The number of anilines is 2. The lowest BCUT2D eigenvalue weighted by molar-refractivity contribution is -0.122. The number of aryl methyl sites for hydroxylation is 1. The van der Waals surface area contributed by atoms with Gasteiger partial charge in [0.05, 0.1) is 12.8 Å². The Balaban J connectivity index is 2.01. The van der Waals surface area contributed by atoms with Gasteiger partial charge in [-0.15, -0.1) is 0 Å². The number of methoxy groups -OCH3 is 1. The fourth-order valence-electron chi connectivity index (χ4n) is 3.35. The zero-order valence-electron chi connectivity index (χ0n) is 17.6. The third-order valence-corrected chi connectivity index (χ3v) is 5.04. The third-order valence-electron chi connectivity index (χ3n) is 5.04. The minimum absolute atomic E-state index is 0.135. The summed E-state index contributed by atoms with van der Waals surface area (Å²) >= 11 is 0. The summed E-state index contributed by atoms with van der Waals surface area (Å²) in [5, 5.41) is 2.24. The van der Waals surface area contributed by atoms with Gasteiger partial charge in [-0.2, -0.15) is 0 Å². The number of hydrogen-bond donors (Lipinski definition) is 1. The summed E-state index contributed by atoms with van der Waals surface area (Å²) in [5.41, 5.74) is 2.81. The smallest absolute Gasteiger partial charge is 0.335 e. The van der Waals surface area contributed by atoms with Crippen LogP contribution in [0.1, 0.15) is 25.0 Å². The molecule has 1 aliphatic heterocycles. The fourth-order valence-corrected chi connectivity index (χ4v) is 3.35. The number of ether oxygens (including phenoxy) is 1. The van der Waals surface area contributed by atoms with Crippen LogP contribution < -0.4 is 19.9 Å². The van der Waals surface area contributed by atoms with Crippen LogP contribution >= 0.6 is 0 Å². The standard InChI is InChI=1S/C23H25N3O4/c1-5-25(6-2)18-12-9-16(20(14-18)30-4)13-19-21(27)24-23(29)26(22(19)28)17-10-7-15(3)8-11-17/h7-14H,5-6H2,1-4H3,(H,24,27,29). The number of urea groups is 1. The zero-order valence-corrected chi connectivity index (χ0v) is 17.6. The average Bonchev–Trinajstić information content (AvgIpc) is 2.73. The van der Waals surface area contributed by atoms with E-state index in [9.17, 15) is 14.4 Å². The Bertz CT molecular complexity index is 1010. The van der Waals surface area contributed by atoms with Crippen LogP contribution in [0.3, 0.4) is 0 Å². The predicted molar refractivity (Wildman–Crippen MR) is 117 cm³/mol. The quantitative estimate of drug-likeness (QED) is 0.586. The van der Waals surface area contributed by atoms with Crippen molar-refractivity contribution in [2.75, 3.05) is 30.0 Å². The number of carbonyl (C=O) groups is 3. The van der Waals surface area contributed by atoms with E-state index in [1.54, 1.807) is 30.3 Å². The van der Waals surface area contributed by atoms with Crippen molar-refractivity contribution in [1.82, 2.24) is 5.32 Å². The maximum Gasteiger partial charge on any atom is 0.335 e. The molecule has 0 spiro atoms. The van der Waals surface area contributed by atoms with Gasteiger partial charge < -0.3 is 9.64 Å². The Morgan fingerprint density at radius 2 is 1.70 bits per heavy atom. The lowest BCUT2D eigenvalue weighted by atomic mass is 10.0. The van der Waals surface area contributed by atoms with Crippen LogP contribution in [0.25, 0.3) is 6.08 Å². The summed E-state index contributed by atoms with van der Waals surface area (Å²) in [6, 6.07) is 11.7. The van der Waals surface area contributed by atoms with Gasteiger partial charge in [-0.25, -0.2) is 9.69 Å². The Morgan fingerprint density at radius 1 is 1.03 bits per heavy atom. The van der Waals surface area contributed by atoms with Crippen molar-refractivity contribution in [2.24, 2.45) is 0 Å². The molecule has 3 rings (SSSR count). The second kappa shape index (κ2) is 8.82. The monoisotopic (exact) mass is 407 g/mol. The Kier molecular flexibility index (Phi) is 6.20. The molecule has 30 heavy (non-hydrogen) atoms. The molecule has 7 nitrogen and oxygen atoms in total. The van der Waals surface area contributed by atoms with Crippen molar-refractivity contribution in [3.05, 3.63) is 59.2 Å². The highest BCUT2D eigenvalue weighted by molar-refractivity contribution is 6.39. The number of carbonyl (C=O) groups excluding carboxylic acids is 3. The molecule has 0 aliphatic carbocycles. The van der Waals surface area contributed by atoms with E-state index in [-0.39, 0.29) is 5.57 Å². The number of hydrogen-bond acceptors (Lipinski definition) is 5. The first-order valence-corrected chi connectivity index (χ1v) is 9.80. The highest BCUT2D eigenvalue weighted by Crippen LogP contribution is 2.29. The van der Waals surface area contributed by atoms with Crippen LogP contribution in [0, 0.1) is 6.92 Å². The summed E-state index contributed by atoms with van der Waals surface area (Å²) in [7, 11) is 1.54. The topological polar surface area (TPSA) is 79.0 Å². The van der Waals surface area contributed by atoms with Crippen LogP contribution in [0.2, 0.25) is 0 Å². The van der Waals surface area contributed by atoms with Crippen molar-refractivity contribution in [3.8, 4) is 5.75 Å². The molecule has 4 amide bonds. The molecule has 0 bridgehead atoms. The molecule has 0 aromatic heterocycles. The second-order valence-electron chi connectivity index (χ2n) is 6.89. The molecule has 2 aromatic rings. The second-order valence-corrected chi connectivity index (χ2v) is 6.89. The molecule has 1 N–H and O–H groups in total. The van der Waals surface area contributed by atoms with Gasteiger partial charge in [0.2, 0.25) is 0 Å². The third kappa shape index (κ3) is 4.05. The Labute approximate surface area is 175 Å². The van der Waals surface area contributed by atoms with Crippen LogP contribution in [-0.4, -0.2) is 38.0 Å². The van der Waals surface area contributed by atoms with E-state index in [1.165, 1.54) is 13.2 Å². The number of rotatable bonds is 6. The molecule has 0 saturated carbocycles. The number of barbiturate groups is 1. The van der Waals surface area contributed by atoms with Crippen molar-refractivity contribution in [2.45, 2.75) is 20.8 Å². The first kappa shape index (κ1) is 21.1. The van der Waals surface area contributed by atoms with Crippen LogP contribution in [-0.2, 0) is 9.59 Å². The molecule has 1 saturated heterocycles. The zero-order chi connectivity index (χ0) is 21.8. The molecule has 0 atom stereocenters. The molecule has 156 valence electrons. The van der Waals surface area contributed by atoms with Crippen LogP contribution in [0.15, 0.2) is 48.0 Å². The van der Waals surface area contributed by atoms with E-state index in [0.717, 1.165) is 29.2 Å². The van der Waals surface area contributed by atoms with E-state index in [4.69, 9.17) is 4.74 Å². The van der Waals surface area contributed by atoms with Gasteiger partial charge in [0.1, 0.15) is 11.3 Å². The maximum atomic E-state index is 13.0. The predicted octanol–water partition coefficient (Wildman–Crippen LogP) is 3.52. The minimum Gasteiger partial charge on any atom is -0.496 e. The molecule has 0 radical (unpaired) electrons. The molecule has 1 heterocycles. The summed E-state index contributed by atoms with van der Waals surface area (Å²) < 4.78 is 5.49. The molecule has 7 heteroatoms. The van der Waals surface area contributed by atoms with Gasteiger partial charge in [-0.3, -0.25) is 14.9 Å². The summed E-state index contributed by atoms with van der Waals surface area (Å²) in [6.45, 7) is 7.72. The summed E-state index contributed by atoms with van der Waals surface area (Å²) in [4.78, 5) is 40.9. The highest BCUT2D eigenvalue weighted by atomic mass is 16.5. The van der Waals surface area contributed by atoms with E-state index < -0.39 is 17.8 Å². The van der Waals surface area contributed by atoms with E-state index in [1.807, 2.05) is 19.1 Å². The fraction of sp³-hybridized carbons (Fsp3) is 0.261. The number of imide groups is 2. The van der Waals surface area contributed by atoms with Gasteiger partial charge in [0.15, 0.2) is 0 Å². The number of amides is 4. The van der Waals surface area contributed by atoms with Gasteiger partial charge in [-0.1, -0.05) is 17.7 Å². The normalized spacial score (nSPS) is 15.4. The minimum atomic E-state index is -0.769. The average molecular weight is 407 g/mol. The van der Waals surface area contributed by atoms with Crippen LogP contribution in [0.5, 0.6) is 5.75 Å². The van der Waals surface area contributed by atoms with E-state index in [2.05, 4.69) is 24.1 Å². The van der Waals surface area contributed by atoms with Crippen molar-refractivity contribution < 1.29 is 19.1 Å². The summed E-state index contributed by atoms with van der Waals surface area (Å²) in [5.74, 6) is -0.878. The molecular weight excluding hydrogens is 382 g/mol. The van der Waals surface area contributed by atoms with Crippen molar-refractivity contribution in [3.63, 3.8) is 0 Å². The Hall–Kier alpha value is -3.61. The SMILES string of the molecule is CCN(CC)c1ccc(C=C2C(=O)NC(=O)N(c3ccc(C)cc3)C2=O)c(OC)c1. The summed E-state index contributed by atoms with van der Waals surface area (Å²) in [6.07, 6.45) is 1.45. The molecule has 1 fully saturated rings. The molecule has 2 aromatic carbocycles. The van der Waals surface area contributed by atoms with Gasteiger partial charge in [0, 0.05) is 30.4 Å². The first-order valence-electron chi connectivity index (χ1n) is 9.80. The van der Waals surface area contributed by atoms with Crippen molar-refractivity contribution >= 4 is 35.3 Å². The van der Waals surface area contributed by atoms with Gasteiger partial charge >= 0.3 is 6.03 Å². The van der Waals surface area contributed by atoms with E-state index >= 15 is 0 Å². The number of benzene rings is 2. The van der Waals surface area contributed by atoms with Crippen molar-refractivity contribution in [1.29, 1.82) is 0 Å². The van der Waals surface area contributed by atoms with Gasteiger partial charge in [-0.05, 0) is 51.1 Å². The molecule has 1 aliphatic rings. The van der Waals surface area contributed by atoms with Crippen LogP contribution in [0.4, 0.5) is 16.2 Å². The van der Waals surface area contributed by atoms with Gasteiger partial charge in [0.25, 0.3) is 11.8 Å². The Morgan fingerprint density at radius 3 is 2.30 bits per heavy atom.